The van der Waals surface area contributed by atoms with Crippen molar-refractivity contribution in [3.63, 3.8) is 0 Å². The van der Waals surface area contributed by atoms with Gasteiger partial charge in [0.25, 0.3) is 0 Å². The van der Waals surface area contributed by atoms with Crippen LogP contribution in [0.4, 0.5) is 5.69 Å². The summed E-state index contributed by atoms with van der Waals surface area (Å²) in [5.41, 5.74) is 0.870. The molecule has 23 heavy (non-hydrogen) atoms. The highest BCUT2D eigenvalue weighted by Crippen LogP contribution is 2.33. The van der Waals surface area contributed by atoms with Crippen LogP contribution in [0.1, 0.15) is 12.8 Å². The number of para-hydroxylation sites is 1. The fourth-order valence-corrected chi connectivity index (χ4v) is 3.10. The second-order valence-electron chi connectivity index (χ2n) is 5.53. The lowest BCUT2D eigenvalue weighted by Gasteiger charge is -2.11. The SMILES string of the molecule is Cl.O=C(CNCC1CC1)Nc1ccccc1Sc1ccccc1. The monoisotopic (exact) mass is 348 g/mol. The van der Waals surface area contributed by atoms with Gasteiger partial charge in [0.15, 0.2) is 0 Å². The zero-order valence-corrected chi connectivity index (χ0v) is 14.5. The molecule has 1 fully saturated rings. The summed E-state index contributed by atoms with van der Waals surface area (Å²) >= 11 is 1.66. The van der Waals surface area contributed by atoms with Crippen molar-refractivity contribution >= 4 is 35.8 Å². The molecule has 122 valence electrons. The Morgan fingerprint density at radius 2 is 1.74 bits per heavy atom. The number of rotatable bonds is 7. The Labute approximate surface area is 147 Å². The molecular formula is C18H21ClN2OS. The summed E-state index contributed by atoms with van der Waals surface area (Å²) < 4.78 is 0. The van der Waals surface area contributed by atoms with Crippen LogP contribution in [0.15, 0.2) is 64.4 Å². The summed E-state index contributed by atoms with van der Waals surface area (Å²) in [6, 6.07) is 18.1. The van der Waals surface area contributed by atoms with Crippen molar-refractivity contribution in [3.8, 4) is 0 Å². The quantitative estimate of drug-likeness (QED) is 0.788. The van der Waals surface area contributed by atoms with Gasteiger partial charge < -0.3 is 10.6 Å². The fourth-order valence-electron chi connectivity index (χ4n) is 2.18. The van der Waals surface area contributed by atoms with Crippen molar-refractivity contribution in [2.45, 2.75) is 22.6 Å². The first-order valence-corrected chi connectivity index (χ1v) is 8.45. The van der Waals surface area contributed by atoms with Crippen molar-refractivity contribution in [1.29, 1.82) is 0 Å². The number of nitrogens with one attached hydrogen (secondary N) is 2. The van der Waals surface area contributed by atoms with Gasteiger partial charge in [-0.3, -0.25) is 4.79 Å². The molecule has 3 rings (SSSR count). The van der Waals surface area contributed by atoms with Crippen LogP contribution < -0.4 is 10.6 Å². The van der Waals surface area contributed by atoms with Gasteiger partial charge in [-0.15, -0.1) is 12.4 Å². The maximum atomic E-state index is 12.0. The van der Waals surface area contributed by atoms with Crippen LogP contribution in [-0.4, -0.2) is 19.0 Å². The molecule has 5 heteroatoms. The number of anilines is 1. The van der Waals surface area contributed by atoms with Crippen LogP contribution >= 0.6 is 24.2 Å². The van der Waals surface area contributed by atoms with E-state index in [1.165, 1.54) is 12.8 Å². The zero-order valence-electron chi connectivity index (χ0n) is 12.8. The molecule has 0 heterocycles. The van der Waals surface area contributed by atoms with E-state index < -0.39 is 0 Å². The standard InChI is InChI=1S/C18H20N2OS.ClH/c21-18(13-19-12-14-10-11-14)20-16-8-4-5-9-17(16)22-15-6-2-1-3-7-15;/h1-9,14,19H,10-13H2,(H,20,21);1H. The Kier molecular flexibility index (Phi) is 6.96. The summed E-state index contributed by atoms with van der Waals surface area (Å²) in [5, 5.41) is 6.22. The average molecular weight is 349 g/mol. The molecule has 0 atom stereocenters. The summed E-state index contributed by atoms with van der Waals surface area (Å²) in [6.45, 7) is 1.33. The molecule has 1 saturated carbocycles. The highest BCUT2D eigenvalue weighted by Gasteiger charge is 2.20. The van der Waals surface area contributed by atoms with Crippen molar-refractivity contribution in [3.05, 3.63) is 54.6 Å². The van der Waals surface area contributed by atoms with Gasteiger partial charge in [-0.05, 0) is 49.6 Å². The maximum absolute atomic E-state index is 12.0. The summed E-state index contributed by atoms with van der Waals surface area (Å²) in [6.07, 6.45) is 2.59. The number of hydrogen-bond acceptors (Lipinski definition) is 3. The van der Waals surface area contributed by atoms with Crippen molar-refractivity contribution in [2.75, 3.05) is 18.4 Å². The molecule has 2 aromatic rings. The molecule has 0 unspecified atom stereocenters. The lowest BCUT2D eigenvalue weighted by Crippen LogP contribution is -2.29. The Morgan fingerprint density at radius 3 is 2.48 bits per heavy atom. The normalized spacial score (nSPS) is 13.2. The first-order chi connectivity index (χ1) is 10.8. The Morgan fingerprint density at radius 1 is 1.04 bits per heavy atom. The summed E-state index contributed by atoms with van der Waals surface area (Å²) in [5.74, 6) is 0.801. The number of carbonyl (C=O) groups is 1. The molecule has 0 aliphatic heterocycles. The molecule has 0 radical (unpaired) electrons. The second kappa shape index (κ2) is 8.96. The largest absolute Gasteiger partial charge is 0.324 e. The first kappa shape index (κ1) is 17.9. The van der Waals surface area contributed by atoms with Crippen molar-refractivity contribution in [2.24, 2.45) is 5.92 Å². The smallest absolute Gasteiger partial charge is 0.238 e. The van der Waals surface area contributed by atoms with E-state index in [1.807, 2.05) is 42.5 Å². The molecule has 2 N–H and O–H groups in total. The third-order valence-electron chi connectivity index (χ3n) is 3.55. The van der Waals surface area contributed by atoms with Crippen LogP contribution in [0, 0.1) is 5.92 Å². The van der Waals surface area contributed by atoms with Crippen LogP contribution in [-0.2, 0) is 4.79 Å². The average Bonchev–Trinajstić information content (AvgIpc) is 3.35. The van der Waals surface area contributed by atoms with Gasteiger partial charge in [-0.2, -0.15) is 0 Å². The third kappa shape index (κ3) is 5.90. The van der Waals surface area contributed by atoms with E-state index >= 15 is 0 Å². The van der Waals surface area contributed by atoms with Gasteiger partial charge in [0, 0.05) is 9.79 Å². The molecule has 2 aromatic carbocycles. The van der Waals surface area contributed by atoms with Crippen molar-refractivity contribution in [1.82, 2.24) is 5.32 Å². The molecule has 3 nitrogen and oxygen atoms in total. The Bertz CT molecular complexity index is 632. The Hall–Kier alpha value is -1.49. The number of hydrogen-bond donors (Lipinski definition) is 2. The maximum Gasteiger partial charge on any atom is 0.238 e. The third-order valence-corrected chi connectivity index (χ3v) is 4.63. The summed E-state index contributed by atoms with van der Waals surface area (Å²) in [7, 11) is 0. The van der Waals surface area contributed by atoms with E-state index in [4.69, 9.17) is 0 Å². The predicted octanol–water partition coefficient (Wildman–Crippen LogP) is 4.20. The summed E-state index contributed by atoms with van der Waals surface area (Å²) in [4.78, 5) is 14.3. The lowest BCUT2D eigenvalue weighted by molar-refractivity contribution is -0.115. The van der Waals surface area contributed by atoms with E-state index in [2.05, 4.69) is 22.8 Å². The molecule has 1 aliphatic carbocycles. The van der Waals surface area contributed by atoms with E-state index in [1.54, 1.807) is 11.8 Å². The van der Waals surface area contributed by atoms with E-state index in [0.29, 0.717) is 6.54 Å². The van der Waals surface area contributed by atoms with Crippen molar-refractivity contribution < 1.29 is 4.79 Å². The van der Waals surface area contributed by atoms with Gasteiger partial charge in [-0.25, -0.2) is 0 Å². The van der Waals surface area contributed by atoms with Crippen LogP contribution in [0.3, 0.4) is 0 Å². The van der Waals surface area contributed by atoms with Gasteiger partial charge in [0.05, 0.1) is 12.2 Å². The second-order valence-corrected chi connectivity index (χ2v) is 6.65. The van der Waals surface area contributed by atoms with Gasteiger partial charge >= 0.3 is 0 Å². The van der Waals surface area contributed by atoms with Crippen LogP contribution in [0.25, 0.3) is 0 Å². The molecular weight excluding hydrogens is 328 g/mol. The highest BCUT2D eigenvalue weighted by molar-refractivity contribution is 7.99. The van der Waals surface area contributed by atoms with E-state index in [0.717, 1.165) is 27.9 Å². The lowest BCUT2D eigenvalue weighted by atomic mass is 10.3. The molecule has 0 spiro atoms. The van der Waals surface area contributed by atoms with E-state index in [9.17, 15) is 4.79 Å². The number of amides is 1. The Balaban J connectivity index is 0.00000192. The van der Waals surface area contributed by atoms with Gasteiger partial charge in [0.1, 0.15) is 0 Å². The molecule has 0 saturated heterocycles. The molecule has 1 aliphatic rings. The fraction of sp³-hybridized carbons (Fsp3) is 0.278. The first-order valence-electron chi connectivity index (χ1n) is 7.64. The zero-order chi connectivity index (χ0) is 15.2. The minimum absolute atomic E-state index is 0. The minimum Gasteiger partial charge on any atom is -0.324 e. The topological polar surface area (TPSA) is 41.1 Å². The van der Waals surface area contributed by atoms with Gasteiger partial charge in [-0.1, -0.05) is 42.1 Å². The number of halogens is 1. The molecule has 1 amide bonds. The molecule has 0 bridgehead atoms. The molecule has 0 aromatic heterocycles. The minimum atomic E-state index is 0. The van der Waals surface area contributed by atoms with Crippen LogP contribution in [0.2, 0.25) is 0 Å². The van der Waals surface area contributed by atoms with E-state index in [-0.39, 0.29) is 18.3 Å². The number of benzene rings is 2. The van der Waals surface area contributed by atoms with Gasteiger partial charge in [0.2, 0.25) is 5.91 Å². The highest BCUT2D eigenvalue weighted by atomic mass is 35.5. The predicted molar refractivity (Wildman–Crippen MR) is 98.5 cm³/mol. The van der Waals surface area contributed by atoms with Crippen LogP contribution in [0.5, 0.6) is 0 Å². The number of carbonyl (C=O) groups excluding carboxylic acids is 1.